The molecule has 0 atom stereocenters. The molecule has 124 valence electrons. The number of hydrogen-bond acceptors (Lipinski definition) is 5. The van der Waals surface area contributed by atoms with Crippen molar-refractivity contribution in [3.8, 4) is 0 Å². The molecule has 0 saturated carbocycles. The van der Waals surface area contributed by atoms with Gasteiger partial charge < -0.3 is 10.4 Å². The number of rotatable bonds is 7. The third-order valence-electron chi connectivity index (χ3n) is 3.08. The average molecular weight is 333 g/mol. The largest absolute Gasteiger partial charge is 0.389 e. The minimum absolute atomic E-state index is 0.122. The van der Waals surface area contributed by atoms with Crippen molar-refractivity contribution < 1.29 is 9.90 Å². The zero-order chi connectivity index (χ0) is 16.9. The van der Waals surface area contributed by atoms with E-state index >= 15 is 0 Å². The van der Waals surface area contributed by atoms with E-state index in [4.69, 9.17) is 0 Å². The molecule has 1 amide bonds. The predicted molar refractivity (Wildman–Crippen MR) is 93.3 cm³/mol. The van der Waals surface area contributed by atoms with E-state index in [1.54, 1.807) is 13.8 Å². The Balaban J connectivity index is 2.07. The lowest BCUT2D eigenvalue weighted by molar-refractivity contribution is -0.114. The molecule has 2 N–H and O–H groups in total. The van der Waals surface area contributed by atoms with Crippen LogP contribution in [0.2, 0.25) is 0 Å². The van der Waals surface area contributed by atoms with Crippen LogP contribution < -0.4 is 5.32 Å². The number of anilines is 1. The van der Waals surface area contributed by atoms with Crippen molar-refractivity contribution in [2.24, 2.45) is 0 Å². The van der Waals surface area contributed by atoms with Crippen molar-refractivity contribution in [1.82, 2.24) is 9.88 Å². The zero-order valence-corrected chi connectivity index (χ0v) is 14.6. The van der Waals surface area contributed by atoms with Gasteiger partial charge in [-0.1, -0.05) is 30.3 Å². The molecule has 1 aromatic carbocycles. The number of aromatic nitrogens is 1. The van der Waals surface area contributed by atoms with Crippen LogP contribution in [0.3, 0.4) is 0 Å². The molecule has 6 heteroatoms. The summed E-state index contributed by atoms with van der Waals surface area (Å²) in [5.74, 6) is -0.122. The molecule has 2 rings (SSSR count). The molecule has 1 heterocycles. The van der Waals surface area contributed by atoms with Crippen LogP contribution in [0.5, 0.6) is 0 Å². The van der Waals surface area contributed by atoms with Crippen LogP contribution in [-0.4, -0.2) is 33.0 Å². The Morgan fingerprint density at radius 2 is 2.00 bits per heavy atom. The Bertz CT molecular complexity index is 635. The maximum absolute atomic E-state index is 11.1. The Morgan fingerprint density at radius 1 is 1.30 bits per heavy atom. The smallest absolute Gasteiger partial charge is 0.223 e. The van der Waals surface area contributed by atoms with Gasteiger partial charge in [-0.05, 0) is 19.4 Å². The highest BCUT2D eigenvalue weighted by atomic mass is 32.1. The van der Waals surface area contributed by atoms with E-state index in [2.05, 4.69) is 27.3 Å². The molecule has 0 aliphatic carbocycles. The van der Waals surface area contributed by atoms with Crippen LogP contribution in [0.1, 0.15) is 32.0 Å². The second-order valence-corrected chi connectivity index (χ2v) is 7.13. The summed E-state index contributed by atoms with van der Waals surface area (Å²) in [5.41, 5.74) is 1.29. The number of nitrogens with zero attached hydrogens (tertiary/aromatic N) is 2. The fourth-order valence-electron chi connectivity index (χ4n) is 2.37. The van der Waals surface area contributed by atoms with E-state index in [1.165, 1.54) is 23.8 Å². The predicted octanol–water partition coefficient (Wildman–Crippen LogP) is 2.87. The van der Waals surface area contributed by atoms with Crippen molar-refractivity contribution in [3.63, 3.8) is 0 Å². The summed E-state index contributed by atoms with van der Waals surface area (Å²) in [7, 11) is 0. The van der Waals surface area contributed by atoms with Crippen molar-refractivity contribution >= 4 is 22.4 Å². The van der Waals surface area contributed by atoms with E-state index in [0.717, 1.165) is 12.2 Å². The summed E-state index contributed by atoms with van der Waals surface area (Å²) in [6.07, 6.45) is 0. The van der Waals surface area contributed by atoms with Gasteiger partial charge in [0.1, 0.15) is 0 Å². The molecule has 0 saturated heterocycles. The van der Waals surface area contributed by atoms with Crippen molar-refractivity contribution in [3.05, 3.63) is 47.0 Å². The highest BCUT2D eigenvalue weighted by molar-refractivity contribution is 7.13. The summed E-state index contributed by atoms with van der Waals surface area (Å²) in [6, 6.07) is 10.1. The average Bonchev–Trinajstić information content (AvgIpc) is 2.84. The lowest BCUT2D eigenvalue weighted by atomic mass is 10.1. The third kappa shape index (κ3) is 6.48. The zero-order valence-electron chi connectivity index (χ0n) is 13.7. The first-order valence-corrected chi connectivity index (χ1v) is 8.40. The van der Waals surface area contributed by atoms with Gasteiger partial charge in [0.05, 0.1) is 11.3 Å². The van der Waals surface area contributed by atoms with Crippen LogP contribution in [-0.2, 0) is 17.9 Å². The maximum atomic E-state index is 11.1. The highest BCUT2D eigenvalue weighted by Crippen LogP contribution is 2.19. The number of thiazole rings is 1. The molecule has 0 aliphatic heterocycles. The van der Waals surface area contributed by atoms with Gasteiger partial charge in [0.2, 0.25) is 5.91 Å². The molecular weight excluding hydrogens is 310 g/mol. The van der Waals surface area contributed by atoms with E-state index < -0.39 is 5.60 Å². The van der Waals surface area contributed by atoms with Crippen LogP contribution >= 0.6 is 11.3 Å². The van der Waals surface area contributed by atoms with Crippen LogP contribution in [0, 0.1) is 0 Å². The number of carbonyl (C=O) groups is 1. The van der Waals surface area contributed by atoms with Crippen molar-refractivity contribution in [2.75, 3.05) is 11.9 Å². The molecule has 5 nitrogen and oxygen atoms in total. The topological polar surface area (TPSA) is 65.5 Å². The molecule has 0 spiro atoms. The first kappa shape index (κ1) is 17.6. The summed E-state index contributed by atoms with van der Waals surface area (Å²) in [5, 5.41) is 15.4. The number of hydrogen-bond donors (Lipinski definition) is 2. The molecule has 0 aliphatic rings. The maximum Gasteiger partial charge on any atom is 0.223 e. The molecule has 0 radical (unpaired) electrons. The minimum Gasteiger partial charge on any atom is -0.389 e. The van der Waals surface area contributed by atoms with E-state index in [0.29, 0.717) is 18.2 Å². The van der Waals surface area contributed by atoms with Gasteiger partial charge in [0.15, 0.2) is 5.13 Å². The van der Waals surface area contributed by atoms with Gasteiger partial charge in [0, 0.05) is 31.9 Å². The highest BCUT2D eigenvalue weighted by Gasteiger charge is 2.19. The molecular formula is C17H23N3O2S. The van der Waals surface area contributed by atoms with Gasteiger partial charge >= 0.3 is 0 Å². The number of aliphatic hydroxyl groups is 1. The van der Waals surface area contributed by atoms with Gasteiger partial charge in [-0.15, -0.1) is 11.3 Å². The monoisotopic (exact) mass is 333 g/mol. The van der Waals surface area contributed by atoms with Crippen LogP contribution in [0.4, 0.5) is 5.13 Å². The van der Waals surface area contributed by atoms with Crippen LogP contribution in [0.25, 0.3) is 0 Å². The Hall–Kier alpha value is -1.76. The lowest BCUT2D eigenvalue weighted by Gasteiger charge is -2.28. The van der Waals surface area contributed by atoms with Gasteiger partial charge in [0.25, 0.3) is 0 Å². The Morgan fingerprint density at radius 3 is 2.61 bits per heavy atom. The Kier molecular flexibility index (Phi) is 5.87. The fourth-order valence-corrected chi connectivity index (χ4v) is 3.12. The third-order valence-corrected chi connectivity index (χ3v) is 3.89. The van der Waals surface area contributed by atoms with Crippen molar-refractivity contribution in [2.45, 2.75) is 39.5 Å². The molecule has 0 unspecified atom stereocenters. The minimum atomic E-state index is -0.786. The summed E-state index contributed by atoms with van der Waals surface area (Å²) in [6.45, 7) is 6.96. The molecule has 23 heavy (non-hydrogen) atoms. The van der Waals surface area contributed by atoms with E-state index in [9.17, 15) is 9.90 Å². The molecule has 0 fully saturated rings. The number of nitrogens with one attached hydrogen (secondary N) is 1. The lowest BCUT2D eigenvalue weighted by Crippen LogP contribution is -2.38. The quantitative estimate of drug-likeness (QED) is 0.818. The SMILES string of the molecule is CC(=O)Nc1nc(CN(Cc2ccccc2)CC(C)(C)O)cs1. The molecule has 2 aromatic rings. The summed E-state index contributed by atoms with van der Waals surface area (Å²) < 4.78 is 0. The normalized spacial score (nSPS) is 11.7. The second-order valence-electron chi connectivity index (χ2n) is 6.27. The summed E-state index contributed by atoms with van der Waals surface area (Å²) >= 11 is 1.41. The van der Waals surface area contributed by atoms with Gasteiger partial charge in [-0.2, -0.15) is 0 Å². The fraction of sp³-hybridized carbons (Fsp3) is 0.412. The Labute approximate surface area is 141 Å². The number of carbonyl (C=O) groups excluding carboxylic acids is 1. The number of amides is 1. The first-order chi connectivity index (χ1) is 10.8. The van der Waals surface area contributed by atoms with E-state index in [-0.39, 0.29) is 5.91 Å². The van der Waals surface area contributed by atoms with Crippen molar-refractivity contribution in [1.29, 1.82) is 0 Å². The second kappa shape index (κ2) is 7.68. The standard InChI is InChI=1S/C17H23N3O2S/c1-13(21)18-16-19-15(11-23-16)10-20(12-17(2,3)22)9-14-7-5-4-6-8-14/h4-8,11,22H,9-10,12H2,1-3H3,(H,18,19,21). The summed E-state index contributed by atoms with van der Waals surface area (Å²) in [4.78, 5) is 17.7. The van der Waals surface area contributed by atoms with E-state index in [1.807, 2.05) is 23.6 Å². The van der Waals surface area contributed by atoms with Gasteiger partial charge in [-0.25, -0.2) is 4.98 Å². The molecule has 0 bridgehead atoms. The molecule has 1 aromatic heterocycles. The number of benzene rings is 1. The van der Waals surface area contributed by atoms with Crippen LogP contribution in [0.15, 0.2) is 35.7 Å². The first-order valence-electron chi connectivity index (χ1n) is 7.52. The van der Waals surface area contributed by atoms with Gasteiger partial charge in [-0.3, -0.25) is 9.69 Å².